The molecule has 1 aliphatic heterocycles. The van der Waals surface area contributed by atoms with Crippen LogP contribution in [0.4, 0.5) is 11.4 Å². The lowest BCUT2D eigenvalue weighted by Gasteiger charge is -2.30. The summed E-state index contributed by atoms with van der Waals surface area (Å²) in [7, 11) is 1.77. The average molecular weight is 343 g/mol. The molecule has 0 spiro atoms. The summed E-state index contributed by atoms with van der Waals surface area (Å²) in [6, 6.07) is 22.0. The number of fused-ring (bicyclic) bond motifs is 1. The van der Waals surface area contributed by atoms with E-state index in [0.29, 0.717) is 5.69 Å². The Morgan fingerprint density at radius 3 is 2.42 bits per heavy atom. The summed E-state index contributed by atoms with van der Waals surface area (Å²) >= 11 is 0. The highest BCUT2D eigenvalue weighted by atomic mass is 16.2. The van der Waals surface area contributed by atoms with Crippen molar-refractivity contribution in [1.29, 1.82) is 0 Å². The summed E-state index contributed by atoms with van der Waals surface area (Å²) in [5.74, 6) is -0.105. The summed E-state index contributed by atoms with van der Waals surface area (Å²) in [4.78, 5) is 21.0. The van der Waals surface area contributed by atoms with Crippen molar-refractivity contribution in [2.24, 2.45) is 0 Å². The van der Waals surface area contributed by atoms with Gasteiger partial charge >= 0.3 is 0 Å². The van der Waals surface area contributed by atoms with Gasteiger partial charge in [-0.25, -0.2) is 4.98 Å². The standard InChI is InChI=1S/C22H21N3O/c1-24(19-9-3-2-4-10-19)22(26)21-12-11-20(15-23-21)25-14-13-17-7-5-6-8-18(17)16-25/h2-12,15H,13-14,16H2,1H3. The fourth-order valence-corrected chi connectivity index (χ4v) is 3.36. The smallest absolute Gasteiger partial charge is 0.276 e. The topological polar surface area (TPSA) is 36.4 Å². The molecule has 1 aliphatic rings. The van der Waals surface area contributed by atoms with Crippen LogP contribution in [0, 0.1) is 0 Å². The van der Waals surface area contributed by atoms with Crippen molar-refractivity contribution in [2.75, 3.05) is 23.4 Å². The van der Waals surface area contributed by atoms with Crippen molar-refractivity contribution in [1.82, 2.24) is 4.98 Å². The van der Waals surface area contributed by atoms with Crippen LogP contribution in [0.15, 0.2) is 72.9 Å². The molecular formula is C22H21N3O. The number of anilines is 2. The first-order valence-electron chi connectivity index (χ1n) is 8.83. The van der Waals surface area contributed by atoms with Crippen molar-refractivity contribution in [3.63, 3.8) is 0 Å². The van der Waals surface area contributed by atoms with Gasteiger partial charge in [0.05, 0.1) is 11.9 Å². The first-order chi connectivity index (χ1) is 12.7. The Bertz CT molecular complexity index is 906. The first kappa shape index (κ1) is 16.3. The van der Waals surface area contributed by atoms with Crippen molar-refractivity contribution in [3.05, 3.63) is 89.7 Å². The minimum absolute atomic E-state index is 0.105. The largest absolute Gasteiger partial charge is 0.366 e. The molecule has 4 nitrogen and oxygen atoms in total. The third-order valence-corrected chi connectivity index (χ3v) is 4.91. The maximum absolute atomic E-state index is 12.6. The van der Waals surface area contributed by atoms with Crippen LogP contribution < -0.4 is 9.80 Å². The highest BCUT2D eigenvalue weighted by molar-refractivity contribution is 6.04. The van der Waals surface area contributed by atoms with Crippen LogP contribution >= 0.6 is 0 Å². The Labute approximate surface area is 153 Å². The van der Waals surface area contributed by atoms with E-state index in [1.54, 1.807) is 18.1 Å². The van der Waals surface area contributed by atoms with Crippen LogP contribution in [-0.2, 0) is 13.0 Å². The molecule has 4 rings (SSSR count). The van der Waals surface area contributed by atoms with Crippen LogP contribution in [0.5, 0.6) is 0 Å². The summed E-state index contributed by atoms with van der Waals surface area (Å²) in [5.41, 5.74) is 5.16. The number of pyridine rings is 1. The Balaban J connectivity index is 1.50. The van der Waals surface area contributed by atoms with Crippen molar-refractivity contribution < 1.29 is 4.79 Å². The van der Waals surface area contributed by atoms with E-state index in [2.05, 4.69) is 34.1 Å². The van der Waals surface area contributed by atoms with E-state index < -0.39 is 0 Å². The number of carbonyl (C=O) groups is 1. The molecule has 4 heteroatoms. The molecule has 130 valence electrons. The number of hydrogen-bond acceptors (Lipinski definition) is 3. The molecule has 0 unspecified atom stereocenters. The maximum atomic E-state index is 12.6. The molecule has 0 fully saturated rings. The van der Waals surface area contributed by atoms with E-state index >= 15 is 0 Å². The number of aromatic nitrogens is 1. The first-order valence-corrected chi connectivity index (χ1v) is 8.83. The zero-order chi connectivity index (χ0) is 17.9. The molecule has 2 aromatic carbocycles. The number of rotatable bonds is 3. The Morgan fingerprint density at radius 2 is 1.69 bits per heavy atom. The lowest BCUT2D eigenvalue weighted by Crippen LogP contribution is -2.31. The van der Waals surface area contributed by atoms with Gasteiger partial charge in [-0.2, -0.15) is 0 Å². The number of nitrogens with zero attached hydrogens (tertiary/aromatic N) is 3. The lowest BCUT2D eigenvalue weighted by molar-refractivity contribution is 0.0988. The SMILES string of the molecule is CN(C(=O)c1ccc(N2CCc3ccccc3C2)cn1)c1ccccc1. The Hall–Kier alpha value is -3.14. The Kier molecular flexibility index (Phi) is 4.40. The van der Waals surface area contributed by atoms with E-state index in [1.807, 2.05) is 42.5 Å². The third-order valence-electron chi connectivity index (χ3n) is 4.91. The molecule has 0 bridgehead atoms. The van der Waals surface area contributed by atoms with Gasteiger partial charge in [0.25, 0.3) is 5.91 Å². The van der Waals surface area contributed by atoms with Gasteiger partial charge in [-0.1, -0.05) is 42.5 Å². The summed E-state index contributed by atoms with van der Waals surface area (Å²) < 4.78 is 0. The molecular weight excluding hydrogens is 322 g/mol. The average Bonchev–Trinajstić information content (AvgIpc) is 2.73. The van der Waals surface area contributed by atoms with Gasteiger partial charge in [0, 0.05) is 25.8 Å². The van der Waals surface area contributed by atoms with E-state index in [9.17, 15) is 4.79 Å². The van der Waals surface area contributed by atoms with Crippen molar-refractivity contribution in [3.8, 4) is 0 Å². The fourth-order valence-electron chi connectivity index (χ4n) is 3.36. The molecule has 0 saturated carbocycles. The van der Waals surface area contributed by atoms with Crippen molar-refractivity contribution >= 4 is 17.3 Å². The molecule has 0 saturated heterocycles. The molecule has 1 amide bonds. The van der Waals surface area contributed by atoms with E-state index in [1.165, 1.54) is 11.1 Å². The normalized spacial score (nSPS) is 13.2. The van der Waals surface area contributed by atoms with Gasteiger partial charge in [0.1, 0.15) is 5.69 Å². The number of amides is 1. The summed E-state index contributed by atoms with van der Waals surface area (Å²) in [6.45, 7) is 1.85. The minimum Gasteiger partial charge on any atom is -0.366 e. The second kappa shape index (κ2) is 7.00. The maximum Gasteiger partial charge on any atom is 0.276 e. The fraction of sp³-hybridized carbons (Fsp3) is 0.182. The van der Waals surface area contributed by atoms with E-state index in [0.717, 1.165) is 30.9 Å². The predicted octanol–water partition coefficient (Wildman–Crippen LogP) is 3.92. The van der Waals surface area contributed by atoms with Crippen molar-refractivity contribution in [2.45, 2.75) is 13.0 Å². The van der Waals surface area contributed by atoms with Gasteiger partial charge in [-0.05, 0) is 41.8 Å². The highest BCUT2D eigenvalue weighted by Gasteiger charge is 2.18. The van der Waals surface area contributed by atoms with Gasteiger partial charge < -0.3 is 9.80 Å². The van der Waals surface area contributed by atoms with Gasteiger partial charge in [-0.3, -0.25) is 4.79 Å². The number of hydrogen-bond donors (Lipinski definition) is 0. The van der Waals surface area contributed by atoms with Gasteiger partial charge in [0.2, 0.25) is 0 Å². The van der Waals surface area contributed by atoms with Crippen LogP contribution in [0.3, 0.4) is 0 Å². The number of carbonyl (C=O) groups excluding carboxylic acids is 1. The van der Waals surface area contributed by atoms with Gasteiger partial charge in [-0.15, -0.1) is 0 Å². The molecule has 2 heterocycles. The summed E-state index contributed by atoms with van der Waals surface area (Å²) in [6.07, 6.45) is 2.84. The second-order valence-electron chi connectivity index (χ2n) is 6.54. The van der Waals surface area contributed by atoms with Gasteiger partial charge in [0.15, 0.2) is 0 Å². The van der Waals surface area contributed by atoms with E-state index in [4.69, 9.17) is 0 Å². The molecule has 0 N–H and O–H groups in total. The molecule has 1 aromatic heterocycles. The lowest BCUT2D eigenvalue weighted by atomic mass is 10.00. The second-order valence-corrected chi connectivity index (χ2v) is 6.54. The number of benzene rings is 2. The number of para-hydroxylation sites is 1. The molecule has 0 aliphatic carbocycles. The minimum atomic E-state index is -0.105. The quantitative estimate of drug-likeness (QED) is 0.723. The van der Waals surface area contributed by atoms with E-state index in [-0.39, 0.29) is 5.91 Å². The zero-order valence-corrected chi connectivity index (χ0v) is 14.8. The molecule has 0 atom stereocenters. The monoisotopic (exact) mass is 343 g/mol. The van der Waals surface area contributed by atoms with Crippen LogP contribution in [-0.4, -0.2) is 24.5 Å². The van der Waals surface area contributed by atoms with Crippen LogP contribution in [0.1, 0.15) is 21.6 Å². The van der Waals surface area contributed by atoms with Crippen LogP contribution in [0.25, 0.3) is 0 Å². The molecule has 0 radical (unpaired) electrons. The molecule has 3 aromatic rings. The Morgan fingerprint density at radius 1 is 0.962 bits per heavy atom. The predicted molar refractivity (Wildman–Crippen MR) is 105 cm³/mol. The highest BCUT2D eigenvalue weighted by Crippen LogP contribution is 2.24. The summed E-state index contributed by atoms with van der Waals surface area (Å²) in [5, 5.41) is 0. The zero-order valence-electron chi connectivity index (χ0n) is 14.8. The third kappa shape index (κ3) is 3.18. The van der Waals surface area contributed by atoms with Crippen LogP contribution in [0.2, 0.25) is 0 Å². The molecule has 26 heavy (non-hydrogen) atoms.